The molecule has 2 heterocycles. The molecule has 1 aliphatic rings. The fourth-order valence-corrected chi connectivity index (χ4v) is 3.49. The number of carbonyl (C=O) groups is 2. The lowest BCUT2D eigenvalue weighted by Crippen LogP contribution is -2.28. The maximum atomic E-state index is 12.7. The van der Waals surface area contributed by atoms with Crippen molar-refractivity contribution >= 4 is 34.3 Å². The number of carbonyl (C=O) groups excluding carboxylic acids is 2. The van der Waals surface area contributed by atoms with Crippen LogP contribution in [0.3, 0.4) is 0 Å². The van der Waals surface area contributed by atoms with E-state index < -0.39 is 5.92 Å². The summed E-state index contributed by atoms with van der Waals surface area (Å²) in [5.41, 5.74) is 2.63. The first kappa shape index (κ1) is 18.8. The fraction of sp³-hybridized carbons (Fsp3) is 0.286. The highest BCUT2D eigenvalue weighted by Gasteiger charge is 2.35. The number of benzene rings is 2. The third-order valence-electron chi connectivity index (χ3n) is 4.94. The normalized spacial score (nSPS) is 16.3. The number of fused-ring (bicyclic) bond motifs is 1. The van der Waals surface area contributed by atoms with E-state index in [0.29, 0.717) is 46.4 Å². The van der Waals surface area contributed by atoms with Gasteiger partial charge in [-0.2, -0.15) is 0 Å². The molecule has 1 saturated heterocycles. The van der Waals surface area contributed by atoms with Crippen LogP contribution >= 0.6 is 0 Å². The molecule has 0 aliphatic carbocycles. The Balaban J connectivity index is 1.48. The van der Waals surface area contributed by atoms with Crippen molar-refractivity contribution < 1.29 is 23.5 Å². The van der Waals surface area contributed by atoms with Crippen LogP contribution in [0.15, 0.2) is 40.8 Å². The second kappa shape index (κ2) is 7.46. The number of rotatable bonds is 5. The van der Waals surface area contributed by atoms with Crippen LogP contribution in [0.5, 0.6) is 11.5 Å². The average Bonchev–Trinajstić information content (AvgIpc) is 3.28. The highest BCUT2D eigenvalue weighted by Crippen LogP contribution is 2.34. The van der Waals surface area contributed by atoms with E-state index in [9.17, 15) is 9.59 Å². The predicted octanol–water partition coefficient (Wildman–Crippen LogP) is 3.15. The summed E-state index contributed by atoms with van der Waals surface area (Å²) in [4.78, 5) is 31.1. The Morgan fingerprint density at radius 1 is 1.17 bits per heavy atom. The van der Waals surface area contributed by atoms with Gasteiger partial charge < -0.3 is 24.1 Å². The van der Waals surface area contributed by atoms with Gasteiger partial charge in [0.15, 0.2) is 23.0 Å². The highest BCUT2D eigenvalue weighted by molar-refractivity contribution is 6.04. The summed E-state index contributed by atoms with van der Waals surface area (Å²) in [6.45, 7) is 2.07. The largest absolute Gasteiger partial charge is 0.493 e. The zero-order chi connectivity index (χ0) is 20.5. The molecule has 1 aliphatic heterocycles. The van der Waals surface area contributed by atoms with Gasteiger partial charge in [-0.1, -0.05) is 0 Å². The molecule has 8 nitrogen and oxygen atoms in total. The molecule has 0 bridgehead atoms. The van der Waals surface area contributed by atoms with Gasteiger partial charge in [-0.25, -0.2) is 4.98 Å². The highest BCUT2D eigenvalue weighted by atomic mass is 16.5. The lowest BCUT2D eigenvalue weighted by Gasteiger charge is -2.18. The molecule has 1 fully saturated rings. The maximum Gasteiger partial charge on any atom is 0.229 e. The smallest absolute Gasteiger partial charge is 0.229 e. The minimum Gasteiger partial charge on any atom is -0.493 e. The molecule has 1 aromatic heterocycles. The van der Waals surface area contributed by atoms with Crippen molar-refractivity contribution in [2.45, 2.75) is 13.3 Å². The van der Waals surface area contributed by atoms with Gasteiger partial charge in [0.25, 0.3) is 0 Å². The molecule has 0 spiro atoms. The Morgan fingerprint density at radius 3 is 2.72 bits per heavy atom. The van der Waals surface area contributed by atoms with Crippen LogP contribution < -0.4 is 19.7 Å². The molecule has 0 saturated carbocycles. The van der Waals surface area contributed by atoms with Crippen molar-refractivity contribution in [3.63, 3.8) is 0 Å². The fourth-order valence-electron chi connectivity index (χ4n) is 3.49. The molecule has 0 radical (unpaired) electrons. The second-order valence-electron chi connectivity index (χ2n) is 6.85. The first-order valence-electron chi connectivity index (χ1n) is 9.19. The van der Waals surface area contributed by atoms with Crippen molar-refractivity contribution in [1.29, 1.82) is 0 Å². The van der Waals surface area contributed by atoms with Crippen molar-refractivity contribution in [1.82, 2.24) is 4.98 Å². The number of oxazole rings is 1. The van der Waals surface area contributed by atoms with Crippen LogP contribution in [0, 0.1) is 12.8 Å². The number of anilines is 2. The van der Waals surface area contributed by atoms with Gasteiger partial charge in [-0.15, -0.1) is 0 Å². The van der Waals surface area contributed by atoms with Crippen LogP contribution in [0.2, 0.25) is 0 Å². The number of aromatic nitrogens is 1. The first-order valence-corrected chi connectivity index (χ1v) is 9.19. The summed E-state index contributed by atoms with van der Waals surface area (Å²) >= 11 is 0. The number of hydrogen-bond acceptors (Lipinski definition) is 6. The molecule has 4 rings (SSSR count). The predicted molar refractivity (Wildman–Crippen MR) is 107 cm³/mol. The molecule has 1 atom stereocenters. The van der Waals surface area contributed by atoms with E-state index in [2.05, 4.69) is 10.3 Å². The van der Waals surface area contributed by atoms with Gasteiger partial charge in [-0.05, 0) is 30.3 Å². The number of nitrogens with zero attached hydrogens (tertiary/aromatic N) is 2. The van der Waals surface area contributed by atoms with Crippen LogP contribution in [-0.4, -0.2) is 37.6 Å². The Labute approximate surface area is 167 Å². The number of amides is 2. The number of nitrogens with one attached hydrogen (secondary N) is 1. The van der Waals surface area contributed by atoms with Gasteiger partial charge in [0.05, 0.1) is 20.1 Å². The molecule has 1 N–H and O–H groups in total. The van der Waals surface area contributed by atoms with Crippen molar-refractivity contribution in [3.05, 3.63) is 42.3 Å². The molecular weight excluding hydrogens is 374 g/mol. The molecule has 8 heteroatoms. The van der Waals surface area contributed by atoms with Crippen molar-refractivity contribution in [3.8, 4) is 11.5 Å². The minimum absolute atomic E-state index is 0.111. The van der Waals surface area contributed by atoms with E-state index in [-0.39, 0.29) is 18.2 Å². The average molecular weight is 395 g/mol. The monoisotopic (exact) mass is 395 g/mol. The Bertz CT molecular complexity index is 1090. The maximum absolute atomic E-state index is 12.7. The molecule has 1 unspecified atom stereocenters. The van der Waals surface area contributed by atoms with Gasteiger partial charge in [-0.3, -0.25) is 9.59 Å². The third-order valence-corrected chi connectivity index (χ3v) is 4.94. The molecular formula is C21H21N3O5. The molecule has 150 valence electrons. The van der Waals surface area contributed by atoms with E-state index >= 15 is 0 Å². The van der Waals surface area contributed by atoms with Gasteiger partial charge in [0, 0.05) is 37.3 Å². The molecule has 29 heavy (non-hydrogen) atoms. The van der Waals surface area contributed by atoms with E-state index in [1.807, 2.05) is 0 Å². The molecule has 2 aromatic carbocycles. The van der Waals surface area contributed by atoms with Gasteiger partial charge in [0.1, 0.15) is 5.52 Å². The number of hydrogen-bond donors (Lipinski definition) is 1. The minimum atomic E-state index is -0.453. The van der Waals surface area contributed by atoms with Crippen LogP contribution in [0.25, 0.3) is 11.1 Å². The van der Waals surface area contributed by atoms with E-state index in [0.717, 1.165) is 0 Å². The quantitative estimate of drug-likeness (QED) is 0.713. The topological polar surface area (TPSA) is 93.9 Å². The van der Waals surface area contributed by atoms with Gasteiger partial charge in [0.2, 0.25) is 11.8 Å². The zero-order valence-corrected chi connectivity index (χ0v) is 16.4. The van der Waals surface area contributed by atoms with E-state index in [1.54, 1.807) is 55.3 Å². The third kappa shape index (κ3) is 3.61. The lowest BCUT2D eigenvalue weighted by atomic mass is 10.1. The summed E-state index contributed by atoms with van der Waals surface area (Å²) < 4.78 is 16.0. The summed E-state index contributed by atoms with van der Waals surface area (Å²) in [6, 6.07) is 10.5. The second-order valence-corrected chi connectivity index (χ2v) is 6.85. The van der Waals surface area contributed by atoms with Gasteiger partial charge >= 0.3 is 0 Å². The molecule has 3 aromatic rings. The van der Waals surface area contributed by atoms with Crippen LogP contribution in [0.1, 0.15) is 12.3 Å². The van der Waals surface area contributed by atoms with Crippen LogP contribution in [0.4, 0.5) is 11.4 Å². The SMILES string of the molecule is COc1ccc(N2CC(C(=O)Nc3ccc4oc(C)nc4c3)CC2=O)cc1OC. The van der Waals surface area contributed by atoms with Crippen molar-refractivity contribution in [2.75, 3.05) is 31.0 Å². The summed E-state index contributed by atoms with van der Waals surface area (Å²) in [5, 5.41) is 2.87. The van der Waals surface area contributed by atoms with Crippen LogP contribution in [-0.2, 0) is 9.59 Å². The Morgan fingerprint density at radius 2 is 1.97 bits per heavy atom. The summed E-state index contributed by atoms with van der Waals surface area (Å²) in [5.74, 6) is 0.902. The number of methoxy groups -OCH3 is 2. The lowest BCUT2D eigenvalue weighted by molar-refractivity contribution is -0.122. The zero-order valence-electron chi connectivity index (χ0n) is 16.4. The van der Waals surface area contributed by atoms with E-state index in [4.69, 9.17) is 13.9 Å². The summed E-state index contributed by atoms with van der Waals surface area (Å²) in [7, 11) is 3.09. The Kier molecular flexibility index (Phi) is 4.84. The number of aryl methyl sites for hydroxylation is 1. The van der Waals surface area contributed by atoms with Crippen molar-refractivity contribution in [2.24, 2.45) is 5.92 Å². The standard InChI is InChI=1S/C21H21N3O5/c1-12-22-16-9-14(4-6-17(16)29-12)23-21(26)13-8-20(25)24(11-13)15-5-7-18(27-2)19(10-15)28-3/h4-7,9-10,13H,8,11H2,1-3H3,(H,23,26). The summed E-state index contributed by atoms with van der Waals surface area (Å²) in [6.07, 6.45) is 0.144. The number of ether oxygens (including phenoxy) is 2. The molecule has 2 amide bonds. The van der Waals surface area contributed by atoms with E-state index in [1.165, 1.54) is 7.11 Å². The Hall–Kier alpha value is -3.55. The first-order chi connectivity index (χ1) is 14.0.